The third kappa shape index (κ3) is 2.34. The average Bonchev–Trinajstić information content (AvgIpc) is 2.42. The number of anilines is 4. The summed E-state index contributed by atoms with van der Waals surface area (Å²) in [4.78, 5) is 8.22. The molecule has 0 atom stereocenters. The van der Waals surface area contributed by atoms with Crippen LogP contribution in [-0.2, 0) is 6.42 Å². The third-order valence-electron chi connectivity index (χ3n) is 2.77. The summed E-state index contributed by atoms with van der Waals surface area (Å²) >= 11 is 0. The Labute approximate surface area is 106 Å². The number of nitrogens with one attached hydrogen (secondary N) is 2. The second-order valence-electron chi connectivity index (χ2n) is 3.87. The summed E-state index contributed by atoms with van der Waals surface area (Å²) in [7, 11) is 1.78. The summed E-state index contributed by atoms with van der Waals surface area (Å²) in [5, 5.41) is 6.18. The molecule has 0 aliphatic carbocycles. The summed E-state index contributed by atoms with van der Waals surface area (Å²) < 4.78 is 0. The second kappa shape index (κ2) is 5.35. The number of nitrogens with two attached hydrogens (primary N) is 1. The largest absolute Gasteiger partial charge is 0.393 e. The van der Waals surface area contributed by atoms with Crippen molar-refractivity contribution < 1.29 is 0 Å². The Balaban J connectivity index is 2.34. The van der Waals surface area contributed by atoms with Crippen LogP contribution in [0.5, 0.6) is 0 Å². The van der Waals surface area contributed by atoms with E-state index >= 15 is 0 Å². The van der Waals surface area contributed by atoms with Gasteiger partial charge in [0.15, 0.2) is 11.6 Å². The van der Waals surface area contributed by atoms with Gasteiger partial charge in [0.25, 0.3) is 0 Å². The normalized spacial score (nSPS) is 10.1. The van der Waals surface area contributed by atoms with Gasteiger partial charge in [-0.05, 0) is 18.1 Å². The van der Waals surface area contributed by atoms with Crippen LogP contribution in [0.4, 0.5) is 23.0 Å². The first-order valence-electron chi connectivity index (χ1n) is 5.89. The summed E-state index contributed by atoms with van der Waals surface area (Å²) in [6.07, 6.45) is 2.44. The van der Waals surface area contributed by atoms with Crippen LogP contribution in [0.2, 0.25) is 0 Å². The lowest BCUT2D eigenvalue weighted by Crippen LogP contribution is -2.05. The molecule has 0 bridgehead atoms. The molecule has 0 saturated heterocycles. The van der Waals surface area contributed by atoms with E-state index < -0.39 is 0 Å². The fourth-order valence-corrected chi connectivity index (χ4v) is 1.77. The van der Waals surface area contributed by atoms with Crippen molar-refractivity contribution >= 4 is 23.0 Å². The van der Waals surface area contributed by atoms with Crippen molar-refractivity contribution in [1.82, 2.24) is 9.97 Å². The van der Waals surface area contributed by atoms with Crippen molar-refractivity contribution in [2.45, 2.75) is 13.3 Å². The minimum absolute atomic E-state index is 0.519. The molecule has 0 saturated carbocycles. The molecule has 1 heterocycles. The van der Waals surface area contributed by atoms with Crippen molar-refractivity contribution in [3.63, 3.8) is 0 Å². The number of nitrogen functional groups attached to an aromatic ring is 1. The van der Waals surface area contributed by atoms with Crippen LogP contribution in [-0.4, -0.2) is 17.0 Å². The highest BCUT2D eigenvalue weighted by Crippen LogP contribution is 2.27. The predicted molar refractivity (Wildman–Crippen MR) is 75.1 cm³/mol. The molecule has 18 heavy (non-hydrogen) atoms. The Hall–Kier alpha value is -2.30. The van der Waals surface area contributed by atoms with Gasteiger partial charge < -0.3 is 16.4 Å². The summed E-state index contributed by atoms with van der Waals surface area (Å²) in [5.41, 5.74) is 8.75. The van der Waals surface area contributed by atoms with Gasteiger partial charge in [-0.3, -0.25) is 0 Å². The molecule has 0 amide bonds. The molecule has 5 nitrogen and oxygen atoms in total. The SMILES string of the molecule is CCc1ccccc1Nc1ncnc(NC)c1N. The Morgan fingerprint density at radius 1 is 1.17 bits per heavy atom. The lowest BCUT2D eigenvalue weighted by molar-refractivity contribution is 1.13. The van der Waals surface area contributed by atoms with Crippen LogP contribution in [0.1, 0.15) is 12.5 Å². The van der Waals surface area contributed by atoms with E-state index in [0.29, 0.717) is 17.3 Å². The van der Waals surface area contributed by atoms with Gasteiger partial charge in [-0.2, -0.15) is 0 Å². The molecule has 5 heteroatoms. The third-order valence-corrected chi connectivity index (χ3v) is 2.77. The van der Waals surface area contributed by atoms with E-state index in [9.17, 15) is 0 Å². The number of nitrogens with zero attached hydrogens (tertiary/aromatic N) is 2. The summed E-state index contributed by atoms with van der Waals surface area (Å²) in [6, 6.07) is 8.10. The molecule has 0 aliphatic heterocycles. The van der Waals surface area contributed by atoms with Gasteiger partial charge in [-0.1, -0.05) is 25.1 Å². The van der Waals surface area contributed by atoms with Crippen LogP contribution in [0.15, 0.2) is 30.6 Å². The zero-order valence-electron chi connectivity index (χ0n) is 10.6. The first-order valence-corrected chi connectivity index (χ1v) is 5.89. The Bertz CT molecular complexity index is 539. The standard InChI is InChI=1S/C13H17N5/c1-3-9-6-4-5-7-10(9)18-13-11(14)12(15-2)16-8-17-13/h4-8H,3,14H2,1-2H3,(H2,15,16,17,18). The quantitative estimate of drug-likeness (QED) is 0.768. The topological polar surface area (TPSA) is 75.9 Å². The monoisotopic (exact) mass is 243 g/mol. The molecular weight excluding hydrogens is 226 g/mol. The van der Waals surface area contributed by atoms with Crippen LogP contribution in [0.3, 0.4) is 0 Å². The first-order chi connectivity index (χ1) is 8.76. The summed E-state index contributed by atoms with van der Waals surface area (Å²) in [6.45, 7) is 2.11. The van der Waals surface area contributed by atoms with E-state index in [1.165, 1.54) is 11.9 Å². The number of benzene rings is 1. The van der Waals surface area contributed by atoms with Crippen LogP contribution in [0, 0.1) is 0 Å². The van der Waals surface area contributed by atoms with Gasteiger partial charge in [0.2, 0.25) is 0 Å². The number of aromatic nitrogens is 2. The van der Waals surface area contributed by atoms with E-state index in [4.69, 9.17) is 5.73 Å². The molecular formula is C13H17N5. The second-order valence-corrected chi connectivity index (χ2v) is 3.87. The minimum atomic E-state index is 0.519. The highest BCUT2D eigenvalue weighted by Gasteiger charge is 2.08. The van der Waals surface area contributed by atoms with E-state index in [0.717, 1.165) is 12.1 Å². The smallest absolute Gasteiger partial charge is 0.159 e. The zero-order valence-corrected chi connectivity index (χ0v) is 10.6. The number of hydrogen-bond acceptors (Lipinski definition) is 5. The molecule has 4 N–H and O–H groups in total. The van der Waals surface area contributed by atoms with Crippen molar-refractivity contribution in [3.05, 3.63) is 36.2 Å². The maximum atomic E-state index is 5.98. The molecule has 0 radical (unpaired) electrons. The van der Waals surface area contributed by atoms with Gasteiger partial charge >= 0.3 is 0 Å². The fourth-order valence-electron chi connectivity index (χ4n) is 1.77. The minimum Gasteiger partial charge on any atom is -0.393 e. The highest BCUT2D eigenvalue weighted by atomic mass is 15.1. The number of aryl methyl sites for hydroxylation is 1. The average molecular weight is 243 g/mol. The number of hydrogen-bond donors (Lipinski definition) is 3. The highest BCUT2D eigenvalue weighted by molar-refractivity contribution is 5.78. The molecule has 0 fully saturated rings. The Kier molecular flexibility index (Phi) is 3.62. The van der Waals surface area contributed by atoms with E-state index in [1.54, 1.807) is 7.05 Å². The molecule has 2 aromatic rings. The summed E-state index contributed by atoms with van der Waals surface area (Å²) in [5.74, 6) is 1.25. The maximum absolute atomic E-state index is 5.98. The van der Waals surface area contributed by atoms with E-state index in [1.807, 2.05) is 18.2 Å². The number of rotatable bonds is 4. The molecule has 2 rings (SSSR count). The van der Waals surface area contributed by atoms with Gasteiger partial charge in [0.05, 0.1) is 0 Å². The lowest BCUT2D eigenvalue weighted by Gasteiger charge is -2.13. The van der Waals surface area contributed by atoms with Gasteiger partial charge in [-0.25, -0.2) is 9.97 Å². The molecule has 0 spiro atoms. The van der Waals surface area contributed by atoms with Crippen LogP contribution < -0.4 is 16.4 Å². The lowest BCUT2D eigenvalue weighted by atomic mass is 10.1. The van der Waals surface area contributed by atoms with Crippen molar-refractivity contribution in [3.8, 4) is 0 Å². The van der Waals surface area contributed by atoms with Crippen LogP contribution >= 0.6 is 0 Å². The van der Waals surface area contributed by atoms with Crippen molar-refractivity contribution in [1.29, 1.82) is 0 Å². The van der Waals surface area contributed by atoms with Gasteiger partial charge in [0.1, 0.15) is 12.0 Å². The van der Waals surface area contributed by atoms with Gasteiger partial charge in [0, 0.05) is 12.7 Å². The molecule has 94 valence electrons. The molecule has 1 aromatic carbocycles. The van der Waals surface area contributed by atoms with E-state index in [-0.39, 0.29) is 0 Å². The molecule has 0 aliphatic rings. The van der Waals surface area contributed by atoms with E-state index in [2.05, 4.69) is 33.6 Å². The zero-order chi connectivity index (χ0) is 13.0. The number of para-hydroxylation sites is 1. The van der Waals surface area contributed by atoms with Crippen molar-refractivity contribution in [2.24, 2.45) is 0 Å². The van der Waals surface area contributed by atoms with Crippen molar-refractivity contribution in [2.75, 3.05) is 23.4 Å². The van der Waals surface area contributed by atoms with Crippen LogP contribution in [0.25, 0.3) is 0 Å². The first kappa shape index (κ1) is 12.2. The Morgan fingerprint density at radius 2 is 1.89 bits per heavy atom. The molecule has 0 unspecified atom stereocenters. The fraction of sp³-hybridized carbons (Fsp3) is 0.231. The molecule has 1 aromatic heterocycles. The van der Waals surface area contributed by atoms with Gasteiger partial charge in [-0.15, -0.1) is 0 Å². The Morgan fingerprint density at radius 3 is 2.61 bits per heavy atom. The predicted octanol–water partition coefficient (Wildman–Crippen LogP) is 2.41. The maximum Gasteiger partial charge on any atom is 0.159 e.